The maximum Gasteiger partial charge on any atom is 0.231 e. The first-order valence-electron chi connectivity index (χ1n) is 7.12. The largest absolute Gasteiger partial charge is 0.339 e. The molecule has 1 saturated carbocycles. The molecule has 0 radical (unpaired) electrons. The maximum atomic E-state index is 5.44. The van der Waals surface area contributed by atoms with Gasteiger partial charge in [0.05, 0.1) is 5.92 Å². The first-order chi connectivity index (χ1) is 8.61. The fourth-order valence-electron chi connectivity index (χ4n) is 2.73. The van der Waals surface area contributed by atoms with E-state index in [4.69, 9.17) is 4.52 Å². The lowest BCUT2D eigenvalue weighted by molar-refractivity contribution is 0.311. The molecule has 4 nitrogen and oxygen atoms in total. The predicted molar refractivity (Wildman–Crippen MR) is 71.6 cm³/mol. The van der Waals surface area contributed by atoms with Gasteiger partial charge in [-0.05, 0) is 32.7 Å². The highest BCUT2D eigenvalue weighted by atomic mass is 16.5. The van der Waals surface area contributed by atoms with Crippen LogP contribution in [0.4, 0.5) is 0 Å². The Bertz CT molecular complexity index is 377. The van der Waals surface area contributed by atoms with Gasteiger partial charge in [0, 0.05) is 12.0 Å². The van der Waals surface area contributed by atoms with E-state index < -0.39 is 0 Å². The zero-order valence-corrected chi connectivity index (χ0v) is 11.9. The van der Waals surface area contributed by atoms with Crippen molar-refractivity contribution in [3.63, 3.8) is 0 Å². The number of nitrogens with one attached hydrogen (secondary N) is 1. The standard InChI is InChI=1S/C14H25N3O/c1-9-6-5-7-12(8-9)13-16-14(18-17-13)10(2)11(3)15-4/h9-12,15H,5-8H2,1-4H3. The predicted octanol–water partition coefficient (Wildman–Crippen LogP) is 3.07. The van der Waals surface area contributed by atoms with Crippen LogP contribution in [-0.2, 0) is 0 Å². The lowest BCUT2D eigenvalue weighted by Crippen LogP contribution is -2.27. The van der Waals surface area contributed by atoms with Crippen LogP contribution in [0.15, 0.2) is 4.52 Å². The van der Waals surface area contributed by atoms with Crippen molar-refractivity contribution in [2.24, 2.45) is 5.92 Å². The number of rotatable bonds is 4. The molecule has 4 heteroatoms. The Morgan fingerprint density at radius 2 is 2.11 bits per heavy atom. The molecule has 0 bridgehead atoms. The van der Waals surface area contributed by atoms with Gasteiger partial charge in [0.1, 0.15) is 0 Å². The summed E-state index contributed by atoms with van der Waals surface area (Å²) >= 11 is 0. The van der Waals surface area contributed by atoms with Crippen LogP contribution in [0.1, 0.15) is 70.0 Å². The zero-order valence-electron chi connectivity index (χ0n) is 11.9. The second kappa shape index (κ2) is 5.83. The molecule has 0 amide bonds. The van der Waals surface area contributed by atoms with Gasteiger partial charge < -0.3 is 9.84 Å². The molecule has 2 rings (SSSR count). The number of nitrogens with zero attached hydrogens (tertiary/aromatic N) is 2. The van der Waals surface area contributed by atoms with E-state index in [0.29, 0.717) is 12.0 Å². The van der Waals surface area contributed by atoms with Gasteiger partial charge in [-0.15, -0.1) is 0 Å². The van der Waals surface area contributed by atoms with E-state index >= 15 is 0 Å². The van der Waals surface area contributed by atoms with E-state index in [0.717, 1.165) is 17.6 Å². The highest BCUT2D eigenvalue weighted by Gasteiger charge is 2.26. The minimum atomic E-state index is 0.261. The molecule has 1 aromatic rings. The SMILES string of the molecule is CNC(C)C(C)c1nc(C2CCCC(C)C2)no1. The van der Waals surface area contributed by atoms with E-state index in [2.05, 4.69) is 36.2 Å². The van der Waals surface area contributed by atoms with Crippen molar-refractivity contribution >= 4 is 0 Å². The molecule has 0 saturated heterocycles. The summed E-state index contributed by atoms with van der Waals surface area (Å²) in [5.74, 6) is 3.25. The Balaban J connectivity index is 2.05. The first-order valence-corrected chi connectivity index (χ1v) is 7.12. The van der Waals surface area contributed by atoms with Gasteiger partial charge in [-0.25, -0.2) is 0 Å². The van der Waals surface area contributed by atoms with Crippen LogP contribution in [-0.4, -0.2) is 23.2 Å². The third kappa shape index (κ3) is 2.91. The minimum Gasteiger partial charge on any atom is -0.339 e. The summed E-state index contributed by atoms with van der Waals surface area (Å²) in [6, 6.07) is 0.351. The monoisotopic (exact) mass is 251 g/mol. The molecule has 4 atom stereocenters. The molecule has 1 N–H and O–H groups in total. The topological polar surface area (TPSA) is 51.0 Å². The van der Waals surface area contributed by atoms with Crippen molar-refractivity contribution in [1.82, 2.24) is 15.5 Å². The minimum absolute atomic E-state index is 0.261. The van der Waals surface area contributed by atoms with E-state index in [1.807, 2.05) is 7.05 Å². The fourth-order valence-corrected chi connectivity index (χ4v) is 2.73. The van der Waals surface area contributed by atoms with Crippen LogP contribution in [0, 0.1) is 5.92 Å². The smallest absolute Gasteiger partial charge is 0.231 e. The second-order valence-corrected chi connectivity index (χ2v) is 5.83. The Hall–Kier alpha value is -0.900. The van der Waals surface area contributed by atoms with Gasteiger partial charge in [-0.1, -0.05) is 31.8 Å². The second-order valence-electron chi connectivity index (χ2n) is 5.83. The van der Waals surface area contributed by atoms with Crippen molar-refractivity contribution in [2.45, 2.75) is 64.3 Å². The normalized spacial score (nSPS) is 28.0. The number of hydrogen-bond acceptors (Lipinski definition) is 4. The Kier molecular flexibility index (Phi) is 4.38. The molecule has 1 aromatic heterocycles. The Labute approximate surface area is 110 Å². The van der Waals surface area contributed by atoms with Crippen LogP contribution in [0.25, 0.3) is 0 Å². The summed E-state index contributed by atoms with van der Waals surface area (Å²) in [7, 11) is 1.96. The van der Waals surface area contributed by atoms with Crippen molar-refractivity contribution < 1.29 is 4.52 Å². The van der Waals surface area contributed by atoms with E-state index in [1.165, 1.54) is 25.7 Å². The summed E-state index contributed by atoms with van der Waals surface area (Å²) in [6.07, 6.45) is 5.04. The molecule has 1 aliphatic rings. The average Bonchev–Trinajstić information content (AvgIpc) is 2.86. The Morgan fingerprint density at radius 3 is 2.78 bits per heavy atom. The summed E-state index contributed by atoms with van der Waals surface area (Å²) < 4.78 is 5.44. The van der Waals surface area contributed by atoms with Gasteiger partial charge in [0.15, 0.2) is 5.82 Å². The van der Waals surface area contributed by atoms with Crippen LogP contribution in [0.5, 0.6) is 0 Å². The van der Waals surface area contributed by atoms with Crippen LogP contribution in [0.2, 0.25) is 0 Å². The van der Waals surface area contributed by atoms with Gasteiger partial charge >= 0.3 is 0 Å². The summed E-state index contributed by atoms with van der Waals surface area (Å²) in [6.45, 7) is 6.58. The van der Waals surface area contributed by atoms with Gasteiger partial charge in [0.2, 0.25) is 5.89 Å². The van der Waals surface area contributed by atoms with Gasteiger partial charge in [0.25, 0.3) is 0 Å². The zero-order chi connectivity index (χ0) is 13.1. The highest BCUT2D eigenvalue weighted by Crippen LogP contribution is 2.35. The number of aromatic nitrogens is 2. The van der Waals surface area contributed by atoms with Crippen molar-refractivity contribution in [3.05, 3.63) is 11.7 Å². The van der Waals surface area contributed by atoms with Crippen LogP contribution < -0.4 is 5.32 Å². The summed E-state index contributed by atoms with van der Waals surface area (Å²) in [5.41, 5.74) is 0. The molecule has 4 unspecified atom stereocenters. The molecule has 1 aliphatic carbocycles. The van der Waals surface area contributed by atoms with Crippen molar-refractivity contribution in [3.8, 4) is 0 Å². The molecule has 0 spiro atoms. The number of likely N-dealkylation sites (N-methyl/N-ethyl adjacent to an activating group) is 1. The molecule has 0 aromatic carbocycles. The van der Waals surface area contributed by atoms with Crippen molar-refractivity contribution in [2.75, 3.05) is 7.05 Å². The highest BCUT2D eigenvalue weighted by molar-refractivity contribution is 5.01. The first kappa shape index (κ1) is 13.5. The third-order valence-electron chi connectivity index (χ3n) is 4.35. The fraction of sp³-hybridized carbons (Fsp3) is 0.857. The van der Waals surface area contributed by atoms with E-state index in [9.17, 15) is 0 Å². The van der Waals surface area contributed by atoms with Gasteiger partial charge in [-0.3, -0.25) is 0 Å². The lowest BCUT2D eigenvalue weighted by Gasteiger charge is -2.23. The maximum absolute atomic E-state index is 5.44. The molecular formula is C14H25N3O. The molecule has 1 fully saturated rings. The summed E-state index contributed by atoms with van der Waals surface area (Å²) in [5, 5.41) is 7.43. The Morgan fingerprint density at radius 1 is 1.33 bits per heavy atom. The van der Waals surface area contributed by atoms with E-state index in [-0.39, 0.29) is 5.92 Å². The molecule has 102 valence electrons. The molecule has 1 heterocycles. The van der Waals surface area contributed by atoms with Gasteiger partial charge in [-0.2, -0.15) is 4.98 Å². The molecular weight excluding hydrogens is 226 g/mol. The van der Waals surface area contributed by atoms with E-state index in [1.54, 1.807) is 0 Å². The average molecular weight is 251 g/mol. The van der Waals surface area contributed by atoms with Crippen molar-refractivity contribution in [1.29, 1.82) is 0 Å². The lowest BCUT2D eigenvalue weighted by atomic mass is 9.82. The summed E-state index contributed by atoms with van der Waals surface area (Å²) in [4.78, 5) is 4.62. The van der Waals surface area contributed by atoms with Crippen LogP contribution in [0.3, 0.4) is 0 Å². The number of hydrogen-bond donors (Lipinski definition) is 1. The molecule has 18 heavy (non-hydrogen) atoms. The molecule has 0 aliphatic heterocycles. The third-order valence-corrected chi connectivity index (χ3v) is 4.35. The van der Waals surface area contributed by atoms with Crippen LogP contribution >= 0.6 is 0 Å². The quantitative estimate of drug-likeness (QED) is 0.893.